The van der Waals surface area contributed by atoms with Crippen LogP contribution in [0.5, 0.6) is 0 Å². The lowest BCUT2D eigenvalue weighted by Gasteiger charge is -2.14. The molecule has 20 heavy (non-hydrogen) atoms. The molecule has 0 saturated carbocycles. The van der Waals surface area contributed by atoms with Gasteiger partial charge >= 0.3 is 0 Å². The van der Waals surface area contributed by atoms with Gasteiger partial charge in [-0.3, -0.25) is 20.9 Å². The van der Waals surface area contributed by atoms with Crippen LogP contribution in [-0.4, -0.2) is 14.8 Å². The monoisotopic (exact) mass is 277 g/mol. The second-order valence-corrected chi connectivity index (χ2v) is 4.84. The second-order valence-electron chi connectivity index (χ2n) is 4.84. The molecule has 3 N–H and O–H groups in total. The van der Waals surface area contributed by atoms with Crippen molar-refractivity contribution < 1.29 is 4.39 Å². The number of aromatic nitrogens is 3. The van der Waals surface area contributed by atoms with E-state index in [9.17, 15) is 4.39 Å². The summed E-state index contributed by atoms with van der Waals surface area (Å²) in [6.07, 6.45) is 4.99. The second kappa shape index (κ2) is 6.58. The zero-order valence-electron chi connectivity index (χ0n) is 11.8. The molecule has 0 spiro atoms. The highest BCUT2D eigenvalue weighted by Crippen LogP contribution is 2.18. The summed E-state index contributed by atoms with van der Waals surface area (Å²) >= 11 is 0. The normalized spacial score (nSPS) is 14.2. The molecule has 2 atom stereocenters. The summed E-state index contributed by atoms with van der Waals surface area (Å²) in [6, 6.07) is 4.82. The van der Waals surface area contributed by atoms with Crippen LogP contribution in [0.3, 0.4) is 0 Å². The standard InChI is InChI=1S/C14H20FN5/c1-3-10(2)20-8-6-11(19-20)9-13(18-16)14-12(15)5-4-7-17-14/h4-8,10,13,18H,3,9,16H2,1-2H3. The smallest absolute Gasteiger partial charge is 0.146 e. The fraction of sp³-hybridized carbons (Fsp3) is 0.429. The summed E-state index contributed by atoms with van der Waals surface area (Å²) in [7, 11) is 0. The maximum Gasteiger partial charge on any atom is 0.146 e. The first kappa shape index (κ1) is 14.6. The van der Waals surface area contributed by atoms with Crippen molar-refractivity contribution in [2.75, 3.05) is 0 Å². The lowest BCUT2D eigenvalue weighted by molar-refractivity contribution is 0.459. The summed E-state index contributed by atoms with van der Waals surface area (Å²) in [5.41, 5.74) is 3.78. The molecule has 108 valence electrons. The van der Waals surface area contributed by atoms with E-state index in [2.05, 4.69) is 29.4 Å². The van der Waals surface area contributed by atoms with E-state index in [1.807, 2.05) is 16.9 Å². The Balaban J connectivity index is 2.15. The Hall–Kier alpha value is -1.79. The third-order valence-electron chi connectivity index (χ3n) is 3.44. The first-order valence-electron chi connectivity index (χ1n) is 6.76. The van der Waals surface area contributed by atoms with Crippen LogP contribution in [0.4, 0.5) is 4.39 Å². The van der Waals surface area contributed by atoms with Crippen LogP contribution in [0.15, 0.2) is 30.6 Å². The Morgan fingerprint density at radius 3 is 2.90 bits per heavy atom. The van der Waals surface area contributed by atoms with Gasteiger partial charge in [-0.25, -0.2) is 4.39 Å². The molecule has 0 radical (unpaired) electrons. The van der Waals surface area contributed by atoms with Crippen LogP contribution in [0, 0.1) is 5.82 Å². The number of nitrogens with one attached hydrogen (secondary N) is 1. The number of hydrazine groups is 1. The topological polar surface area (TPSA) is 68.8 Å². The van der Waals surface area contributed by atoms with E-state index in [1.54, 1.807) is 12.3 Å². The Bertz CT molecular complexity index is 554. The van der Waals surface area contributed by atoms with Crippen LogP contribution in [-0.2, 0) is 6.42 Å². The highest BCUT2D eigenvalue weighted by molar-refractivity contribution is 5.14. The van der Waals surface area contributed by atoms with Crippen molar-refractivity contribution in [2.45, 2.75) is 38.8 Å². The van der Waals surface area contributed by atoms with Gasteiger partial charge in [0, 0.05) is 24.9 Å². The van der Waals surface area contributed by atoms with Crippen LogP contribution in [0.2, 0.25) is 0 Å². The molecule has 2 aromatic rings. The predicted molar refractivity (Wildman–Crippen MR) is 75.2 cm³/mol. The zero-order valence-corrected chi connectivity index (χ0v) is 11.8. The molecule has 0 saturated heterocycles. The number of nitrogens with two attached hydrogens (primary N) is 1. The van der Waals surface area contributed by atoms with Crippen molar-refractivity contribution >= 4 is 0 Å². The Morgan fingerprint density at radius 2 is 2.25 bits per heavy atom. The molecule has 0 bridgehead atoms. The molecule has 0 amide bonds. The van der Waals surface area contributed by atoms with Crippen LogP contribution >= 0.6 is 0 Å². The minimum absolute atomic E-state index is 0.313. The third kappa shape index (κ3) is 3.20. The van der Waals surface area contributed by atoms with E-state index < -0.39 is 6.04 Å². The van der Waals surface area contributed by atoms with Crippen molar-refractivity contribution in [1.29, 1.82) is 0 Å². The fourth-order valence-corrected chi connectivity index (χ4v) is 2.02. The predicted octanol–water partition coefficient (Wildman–Crippen LogP) is 2.14. The maximum absolute atomic E-state index is 13.7. The molecule has 0 aliphatic rings. The minimum Gasteiger partial charge on any atom is -0.271 e. The zero-order chi connectivity index (χ0) is 14.5. The molecule has 2 aromatic heterocycles. The Kier molecular flexibility index (Phi) is 4.81. The highest BCUT2D eigenvalue weighted by Gasteiger charge is 2.17. The van der Waals surface area contributed by atoms with E-state index in [-0.39, 0.29) is 5.82 Å². The largest absolute Gasteiger partial charge is 0.271 e. The summed E-state index contributed by atoms with van der Waals surface area (Å²) in [4.78, 5) is 4.05. The van der Waals surface area contributed by atoms with E-state index in [1.165, 1.54) is 6.07 Å². The molecule has 6 heteroatoms. The average molecular weight is 277 g/mol. The molecule has 2 unspecified atom stereocenters. The van der Waals surface area contributed by atoms with Gasteiger partial charge in [0.2, 0.25) is 0 Å². The van der Waals surface area contributed by atoms with E-state index in [4.69, 9.17) is 5.84 Å². The molecule has 5 nitrogen and oxygen atoms in total. The third-order valence-corrected chi connectivity index (χ3v) is 3.44. The lowest BCUT2D eigenvalue weighted by Crippen LogP contribution is -2.31. The van der Waals surface area contributed by atoms with Crippen molar-refractivity contribution in [3.8, 4) is 0 Å². The van der Waals surface area contributed by atoms with Crippen molar-refractivity contribution in [2.24, 2.45) is 5.84 Å². The average Bonchev–Trinajstić information content (AvgIpc) is 2.93. The van der Waals surface area contributed by atoms with Gasteiger partial charge in [0.05, 0.1) is 17.4 Å². The van der Waals surface area contributed by atoms with Gasteiger partial charge in [-0.05, 0) is 31.5 Å². The van der Waals surface area contributed by atoms with Gasteiger partial charge in [0.1, 0.15) is 5.82 Å². The van der Waals surface area contributed by atoms with E-state index >= 15 is 0 Å². The van der Waals surface area contributed by atoms with Crippen molar-refractivity contribution in [1.82, 2.24) is 20.2 Å². The van der Waals surface area contributed by atoms with Crippen LogP contribution in [0.1, 0.15) is 43.7 Å². The first-order chi connectivity index (χ1) is 9.65. The maximum atomic E-state index is 13.7. The van der Waals surface area contributed by atoms with Crippen molar-refractivity contribution in [3.05, 3.63) is 47.8 Å². The quantitative estimate of drug-likeness (QED) is 0.627. The Labute approximate surface area is 118 Å². The summed E-state index contributed by atoms with van der Waals surface area (Å²) in [5, 5.41) is 4.49. The van der Waals surface area contributed by atoms with Gasteiger partial charge in [-0.1, -0.05) is 6.92 Å². The number of nitrogens with zero attached hydrogens (tertiary/aromatic N) is 3. The SMILES string of the molecule is CCC(C)n1ccc(CC(NN)c2ncccc2F)n1. The minimum atomic E-state index is -0.392. The number of pyridine rings is 1. The summed E-state index contributed by atoms with van der Waals surface area (Å²) in [5.74, 6) is 5.16. The number of rotatable bonds is 6. The number of halogens is 1. The molecule has 0 aromatic carbocycles. The lowest BCUT2D eigenvalue weighted by atomic mass is 10.1. The van der Waals surface area contributed by atoms with Gasteiger partial charge in [0.25, 0.3) is 0 Å². The van der Waals surface area contributed by atoms with Gasteiger partial charge in [-0.15, -0.1) is 0 Å². The first-order valence-corrected chi connectivity index (χ1v) is 6.76. The van der Waals surface area contributed by atoms with Gasteiger partial charge in [-0.2, -0.15) is 5.10 Å². The van der Waals surface area contributed by atoms with E-state index in [0.717, 1.165) is 12.1 Å². The Morgan fingerprint density at radius 1 is 1.45 bits per heavy atom. The highest BCUT2D eigenvalue weighted by atomic mass is 19.1. The number of hydrogen-bond donors (Lipinski definition) is 2. The molecule has 2 heterocycles. The van der Waals surface area contributed by atoms with Crippen molar-refractivity contribution in [3.63, 3.8) is 0 Å². The van der Waals surface area contributed by atoms with Crippen LogP contribution in [0.25, 0.3) is 0 Å². The summed E-state index contributed by atoms with van der Waals surface area (Å²) in [6.45, 7) is 4.22. The molecule has 2 rings (SSSR count). The summed E-state index contributed by atoms with van der Waals surface area (Å²) < 4.78 is 15.6. The molecular formula is C14H20FN5. The molecule has 0 aliphatic carbocycles. The van der Waals surface area contributed by atoms with Gasteiger partial charge in [0.15, 0.2) is 0 Å². The molecule has 0 aliphatic heterocycles. The molecular weight excluding hydrogens is 257 g/mol. The van der Waals surface area contributed by atoms with Crippen LogP contribution < -0.4 is 11.3 Å². The fourth-order valence-electron chi connectivity index (χ4n) is 2.02. The van der Waals surface area contributed by atoms with Gasteiger partial charge < -0.3 is 0 Å². The molecule has 0 fully saturated rings. The van der Waals surface area contributed by atoms with E-state index in [0.29, 0.717) is 18.2 Å². The number of hydrogen-bond acceptors (Lipinski definition) is 4.